The summed E-state index contributed by atoms with van der Waals surface area (Å²) >= 11 is 0. The first-order valence-electron chi connectivity index (χ1n) is 12.8. The number of hydrogen-bond donors (Lipinski definition) is 4. The number of carbonyl (C=O) groups is 1. The number of rotatable bonds is 8. The maximum absolute atomic E-state index is 13.1. The predicted octanol–water partition coefficient (Wildman–Crippen LogP) is 2.65. The molecule has 0 radical (unpaired) electrons. The highest BCUT2D eigenvalue weighted by atomic mass is 16.5. The number of aliphatic hydroxyl groups excluding tert-OH is 2. The number of imidazole rings is 1. The lowest BCUT2D eigenvalue weighted by Crippen LogP contribution is -2.46. The Labute approximate surface area is 229 Å². The molecule has 5 aromatic rings. The van der Waals surface area contributed by atoms with Gasteiger partial charge in [0.2, 0.25) is 0 Å². The molecule has 0 bridgehead atoms. The van der Waals surface area contributed by atoms with E-state index >= 15 is 0 Å². The highest BCUT2D eigenvalue weighted by Gasteiger charge is 2.46. The quantitative estimate of drug-likeness (QED) is 0.234. The number of hydrogen-bond acceptors (Lipinski definition) is 9. The van der Waals surface area contributed by atoms with Gasteiger partial charge in [0, 0.05) is 12.1 Å². The summed E-state index contributed by atoms with van der Waals surface area (Å²) in [5.74, 6) is 0.638. The van der Waals surface area contributed by atoms with Crippen LogP contribution >= 0.6 is 0 Å². The van der Waals surface area contributed by atoms with Gasteiger partial charge in [-0.15, -0.1) is 0 Å². The summed E-state index contributed by atoms with van der Waals surface area (Å²) in [6.45, 7) is 0.0907. The number of aromatic nitrogens is 4. The van der Waals surface area contributed by atoms with Crippen LogP contribution in [0.5, 0.6) is 5.75 Å². The standard InChI is InChI=1S/C29H28N6O5/c1-39-20-10-5-8-18(12-20)28(38)34-23-25(37)22(14-36)40-29(23)35-16-33-24-26(31-15-32-27(24)35)30-13-19-9-4-7-17-6-2-3-11-21(17)19/h2-12,15-16,22-23,25,29,36-37H,13-14H2,1H3,(H,34,38)(H,30,31,32)/t22-,23?,25?,29-/m1/s1. The van der Waals surface area contributed by atoms with E-state index < -0.39 is 37.0 Å². The Kier molecular flexibility index (Phi) is 6.99. The number of amides is 1. The second-order valence-corrected chi connectivity index (χ2v) is 9.51. The van der Waals surface area contributed by atoms with Gasteiger partial charge in [-0.25, -0.2) is 15.0 Å². The van der Waals surface area contributed by atoms with Gasteiger partial charge in [-0.1, -0.05) is 48.5 Å². The van der Waals surface area contributed by atoms with Crippen LogP contribution < -0.4 is 15.4 Å². The Hall–Kier alpha value is -4.58. The van der Waals surface area contributed by atoms with Gasteiger partial charge in [0.25, 0.3) is 5.91 Å². The molecule has 1 saturated heterocycles. The second kappa shape index (κ2) is 10.9. The van der Waals surface area contributed by atoms with Crippen LogP contribution in [-0.4, -0.2) is 67.6 Å². The molecule has 2 unspecified atom stereocenters. The summed E-state index contributed by atoms with van der Waals surface area (Å²) in [6, 6.07) is 20.1. The SMILES string of the molecule is COc1cccc(C(=O)NC2C(O)[C@@H](CO)O[C@H]2n2cnc3c(NCc4cccc5ccccc45)ncnc32)c1. The number of methoxy groups -OCH3 is 1. The van der Waals surface area contributed by atoms with Crippen LogP contribution in [0.4, 0.5) is 5.82 Å². The molecule has 1 aliphatic rings. The molecule has 11 nitrogen and oxygen atoms in total. The molecular formula is C29H28N6O5. The van der Waals surface area contributed by atoms with E-state index in [1.165, 1.54) is 19.8 Å². The summed E-state index contributed by atoms with van der Waals surface area (Å²) in [4.78, 5) is 26.4. The molecular weight excluding hydrogens is 512 g/mol. The van der Waals surface area contributed by atoms with Crippen molar-refractivity contribution in [2.45, 2.75) is 31.0 Å². The predicted molar refractivity (Wildman–Crippen MR) is 148 cm³/mol. The van der Waals surface area contributed by atoms with Gasteiger partial charge < -0.3 is 30.3 Å². The first kappa shape index (κ1) is 25.7. The zero-order valence-corrected chi connectivity index (χ0v) is 21.6. The lowest BCUT2D eigenvalue weighted by Gasteiger charge is -2.23. The average molecular weight is 541 g/mol. The highest BCUT2D eigenvalue weighted by molar-refractivity contribution is 5.95. The van der Waals surface area contributed by atoms with Gasteiger partial charge >= 0.3 is 0 Å². The van der Waals surface area contributed by atoms with E-state index in [0.717, 1.165) is 16.3 Å². The summed E-state index contributed by atoms with van der Waals surface area (Å²) < 4.78 is 12.8. The van der Waals surface area contributed by atoms with E-state index in [1.54, 1.807) is 28.8 Å². The molecule has 4 N–H and O–H groups in total. The maximum Gasteiger partial charge on any atom is 0.251 e. The Bertz CT molecular complexity index is 1670. The van der Waals surface area contributed by atoms with Crippen LogP contribution in [0.1, 0.15) is 22.1 Å². The van der Waals surface area contributed by atoms with Crippen molar-refractivity contribution in [3.8, 4) is 5.75 Å². The third-order valence-electron chi connectivity index (χ3n) is 7.14. The molecule has 0 saturated carbocycles. The van der Waals surface area contributed by atoms with E-state index in [-0.39, 0.29) is 0 Å². The summed E-state index contributed by atoms with van der Waals surface area (Å²) in [7, 11) is 1.52. The van der Waals surface area contributed by atoms with Crippen LogP contribution in [0, 0.1) is 0 Å². The Morgan fingerprint density at radius 1 is 1.07 bits per heavy atom. The molecule has 4 atom stereocenters. The number of benzene rings is 3. The Balaban J connectivity index is 1.28. The molecule has 0 aliphatic carbocycles. The average Bonchev–Trinajstić information content (AvgIpc) is 3.56. The van der Waals surface area contributed by atoms with Gasteiger partial charge in [0.05, 0.1) is 20.0 Å². The van der Waals surface area contributed by atoms with Crippen LogP contribution in [0.3, 0.4) is 0 Å². The minimum Gasteiger partial charge on any atom is -0.497 e. The normalized spacial score (nSPS) is 20.6. The third kappa shape index (κ3) is 4.70. The van der Waals surface area contributed by atoms with Crippen molar-refractivity contribution < 1.29 is 24.5 Å². The van der Waals surface area contributed by atoms with E-state index in [4.69, 9.17) is 9.47 Å². The second-order valence-electron chi connectivity index (χ2n) is 9.51. The summed E-state index contributed by atoms with van der Waals surface area (Å²) in [5, 5.41) is 29.3. The van der Waals surface area contributed by atoms with Crippen LogP contribution in [-0.2, 0) is 11.3 Å². The topological polar surface area (TPSA) is 144 Å². The van der Waals surface area contributed by atoms with Crippen LogP contribution in [0.25, 0.3) is 21.9 Å². The maximum atomic E-state index is 13.1. The number of anilines is 1. The van der Waals surface area contributed by atoms with Gasteiger partial charge in [-0.3, -0.25) is 9.36 Å². The van der Waals surface area contributed by atoms with Crippen molar-refractivity contribution in [1.29, 1.82) is 0 Å². The van der Waals surface area contributed by atoms with Gasteiger partial charge in [-0.05, 0) is 34.5 Å². The zero-order valence-electron chi connectivity index (χ0n) is 21.6. The zero-order chi connectivity index (χ0) is 27.6. The fraction of sp³-hybridized carbons (Fsp3) is 0.241. The van der Waals surface area contributed by atoms with Crippen molar-refractivity contribution >= 4 is 33.7 Å². The fourth-order valence-electron chi connectivity index (χ4n) is 5.08. The van der Waals surface area contributed by atoms with Crippen molar-refractivity contribution in [3.05, 3.63) is 90.5 Å². The number of fused-ring (bicyclic) bond motifs is 2. The van der Waals surface area contributed by atoms with Gasteiger partial charge in [0.15, 0.2) is 23.2 Å². The smallest absolute Gasteiger partial charge is 0.251 e. The Morgan fingerprint density at radius 2 is 1.90 bits per heavy atom. The molecule has 3 heterocycles. The molecule has 40 heavy (non-hydrogen) atoms. The summed E-state index contributed by atoms with van der Waals surface area (Å²) in [6.07, 6.45) is -0.0150. The minimum absolute atomic E-state index is 0.357. The number of ether oxygens (including phenoxy) is 2. The van der Waals surface area contributed by atoms with E-state index in [2.05, 4.69) is 49.9 Å². The van der Waals surface area contributed by atoms with E-state index in [0.29, 0.717) is 34.8 Å². The molecule has 204 valence electrons. The highest BCUT2D eigenvalue weighted by Crippen LogP contribution is 2.33. The van der Waals surface area contributed by atoms with E-state index in [9.17, 15) is 15.0 Å². The van der Waals surface area contributed by atoms with Crippen molar-refractivity contribution in [3.63, 3.8) is 0 Å². The molecule has 1 amide bonds. The van der Waals surface area contributed by atoms with Crippen LogP contribution in [0.15, 0.2) is 79.4 Å². The summed E-state index contributed by atoms with van der Waals surface area (Å²) in [5.41, 5.74) is 2.42. The molecule has 2 aromatic heterocycles. The molecule has 3 aromatic carbocycles. The largest absolute Gasteiger partial charge is 0.497 e. The molecule has 1 fully saturated rings. The Morgan fingerprint density at radius 3 is 2.75 bits per heavy atom. The lowest BCUT2D eigenvalue weighted by molar-refractivity contribution is -0.0440. The number of nitrogens with one attached hydrogen (secondary N) is 2. The first-order valence-corrected chi connectivity index (χ1v) is 12.8. The minimum atomic E-state index is -1.17. The lowest BCUT2D eigenvalue weighted by atomic mass is 10.0. The van der Waals surface area contributed by atoms with Crippen LogP contribution in [0.2, 0.25) is 0 Å². The number of nitrogens with zero attached hydrogens (tertiary/aromatic N) is 4. The van der Waals surface area contributed by atoms with Crippen molar-refractivity contribution in [2.24, 2.45) is 0 Å². The van der Waals surface area contributed by atoms with Gasteiger partial charge in [0.1, 0.15) is 30.3 Å². The molecule has 6 rings (SSSR count). The number of carbonyl (C=O) groups excluding carboxylic acids is 1. The molecule has 11 heteroatoms. The molecule has 1 aliphatic heterocycles. The monoisotopic (exact) mass is 540 g/mol. The molecule has 0 spiro atoms. The third-order valence-corrected chi connectivity index (χ3v) is 7.14. The van der Waals surface area contributed by atoms with Crippen molar-refractivity contribution in [2.75, 3.05) is 19.0 Å². The van der Waals surface area contributed by atoms with E-state index in [1.807, 2.05) is 18.2 Å². The number of aliphatic hydroxyl groups is 2. The first-order chi connectivity index (χ1) is 19.6. The fourth-order valence-corrected chi connectivity index (χ4v) is 5.08. The van der Waals surface area contributed by atoms with Gasteiger partial charge in [-0.2, -0.15) is 0 Å². The van der Waals surface area contributed by atoms with Crippen molar-refractivity contribution in [1.82, 2.24) is 24.8 Å².